The molecule has 0 bridgehead atoms. The van der Waals surface area contributed by atoms with E-state index in [4.69, 9.17) is 0 Å². The third kappa shape index (κ3) is 2.16. The molecule has 3 aromatic rings. The third-order valence-electron chi connectivity index (χ3n) is 3.21. The average molecular weight is 263 g/mol. The van der Waals surface area contributed by atoms with Gasteiger partial charge >= 0.3 is 0 Å². The topological polar surface area (TPSA) is 55.7 Å². The Morgan fingerprint density at radius 2 is 1.90 bits per heavy atom. The van der Waals surface area contributed by atoms with Crippen molar-refractivity contribution in [2.75, 3.05) is 0 Å². The summed E-state index contributed by atoms with van der Waals surface area (Å²) in [5.74, 6) is -0.0359. The molecule has 2 aromatic heterocycles. The van der Waals surface area contributed by atoms with Crippen molar-refractivity contribution in [3.63, 3.8) is 0 Å². The molecule has 4 heteroatoms. The predicted octanol–water partition coefficient (Wildman–Crippen LogP) is 2.87. The summed E-state index contributed by atoms with van der Waals surface area (Å²) >= 11 is 0. The Balaban J connectivity index is 2.10. The minimum absolute atomic E-state index is 0.0359. The molecule has 3 rings (SSSR count). The van der Waals surface area contributed by atoms with Gasteiger partial charge in [0.25, 0.3) is 0 Å². The van der Waals surface area contributed by atoms with E-state index in [0.29, 0.717) is 16.8 Å². The van der Waals surface area contributed by atoms with E-state index in [0.717, 1.165) is 16.6 Å². The van der Waals surface area contributed by atoms with E-state index in [1.54, 1.807) is 25.3 Å². The summed E-state index contributed by atoms with van der Waals surface area (Å²) in [5.41, 5.74) is 3.50. The van der Waals surface area contributed by atoms with Crippen molar-refractivity contribution in [2.45, 2.75) is 13.8 Å². The van der Waals surface area contributed by atoms with Crippen molar-refractivity contribution in [2.24, 2.45) is 0 Å². The van der Waals surface area contributed by atoms with Gasteiger partial charge in [0, 0.05) is 22.7 Å². The molecule has 0 saturated heterocycles. The van der Waals surface area contributed by atoms with Gasteiger partial charge in [-0.2, -0.15) is 10.2 Å². The van der Waals surface area contributed by atoms with Crippen molar-refractivity contribution in [3.8, 4) is 0 Å². The largest absolute Gasteiger partial charge is 0.289 e. The number of hydrogen-bond acceptors (Lipinski definition) is 4. The minimum Gasteiger partial charge on any atom is -0.289 e. The molecular weight excluding hydrogens is 250 g/mol. The van der Waals surface area contributed by atoms with Crippen LogP contribution in [0.3, 0.4) is 0 Å². The van der Waals surface area contributed by atoms with E-state index in [1.807, 2.05) is 31.2 Å². The van der Waals surface area contributed by atoms with Gasteiger partial charge in [0.05, 0.1) is 16.9 Å². The second kappa shape index (κ2) is 4.81. The van der Waals surface area contributed by atoms with Crippen LogP contribution in [0.5, 0.6) is 0 Å². The molecule has 0 saturated carbocycles. The lowest BCUT2D eigenvalue weighted by atomic mass is 10.0. The summed E-state index contributed by atoms with van der Waals surface area (Å²) < 4.78 is 0. The Bertz CT molecular complexity index is 812. The zero-order chi connectivity index (χ0) is 14.1. The highest BCUT2D eigenvalue weighted by atomic mass is 16.1. The fraction of sp³-hybridized carbons (Fsp3) is 0.125. The van der Waals surface area contributed by atoms with Crippen LogP contribution >= 0.6 is 0 Å². The average Bonchev–Trinajstić information content (AvgIpc) is 2.48. The van der Waals surface area contributed by atoms with Crippen LogP contribution in [0.25, 0.3) is 10.9 Å². The van der Waals surface area contributed by atoms with Gasteiger partial charge in [-0.05, 0) is 44.2 Å². The van der Waals surface area contributed by atoms with Gasteiger partial charge < -0.3 is 0 Å². The highest BCUT2D eigenvalue weighted by molar-refractivity contribution is 6.11. The SMILES string of the molecule is Cc1cc(C(=O)c2ccc3ncccc3c2)c(C)nn1. The maximum atomic E-state index is 12.6. The molecule has 98 valence electrons. The van der Waals surface area contributed by atoms with Crippen molar-refractivity contribution < 1.29 is 4.79 Å². The zero-order valence-corrected chi connectivity index (χ0v) is 11.3. The molecule has 0 radical (unpaired) electrons. The molecule has 0 aliphatic rings. The smallest absolute Gasteiger partial charge is 0.195 e. The quantitative estimate of drug-likeness (QED) is 0.667. The monoisotopic (exact) mass is 263 g/mol. The van der Waals surface area contributed by atoms with E-state index in [9.17, 15) is 4.79 Å². The predicted molar refractivity (Wildman–Crippen MR) is 76.7 cm³/mol. The number of carbonyl (C=O) groups is 1. The number of rotatable bonds is 2. The van der Waals surface area contributed by atoms with E-state index >= 15 is 0 Å². The van der Waals surface area contributed by atoms with Crippen LogP contribution in [0.1, 0.15) is 27.3 Å². The molecule has 0 amide bonds. The van der Waals surface area contributed by atoms with Crippen LogP contribution in [-0.4, -0.2) is 21.0 Å². The fourth-order valence-electron chi connectivity index (χ4n) is 2.15. The van der Waals surface area contributed by atoms with E-state index in [1.165, 1.54) is 0 Å². The Morgan fingerprint density at radius 3 is 2.75 bits per heavy atom. The van der Waals surface area contributed by atoms with Crippen LogP contribution in [0.15, 0.2) is 42.6 Å². The molecule has 0 fully saturated rings. The Labute approximate surface area is 116 Å². The second-order valence-corrected chi connectivity index (χ2v) is 4.72. The molecule has 20 heavy (non-hydrogen) atoms. The minimum atomic E-state index is -0.0359. The Hall–Kier alpha value is -2.62. The number of carbonyl (C=O) groups excluding carboxylic acids is 1. The van der Waals surface area contributed by atoms with E-state index < -0.39 is 0 Å². The number of aryl methyl sites for hydroxylation is 2. The highest BCUT2D eigenvalue weighted by Crippen LogP contribution is 2.17. The maximum Gasteiger partial charge on any atom is 0.195 e. The summed E-state index contributed by atoms with van der Waals surface area (Å²) in [6.07, 6.45) is 1.74. The van der Waals surface area contributed by atoms with Crippen LogP contribution in [0.2, 0.25) is 0 Å². The number of aromatic nitrogens is 3. The Kier molecular flexibility index (Phi) is 2.99. The second-order valence-electron chi connectivity index (χ2n) is 4.72. The number of nitrogens with zero attached hydrogens (tertiary/aromatic N) is 3. The fourth-order valence-corrected chi connectivity index (χ4v) is 2.15. The summed E-state index contributed by atoms with van der Waals surface area (Å²) in [5, 5.41) is 8.91. The standard InChI is InChI=1S/C16H13N3O/c1-10-8-14(11(2)19-18-10)16(20)13-5-6-15-12(9-13)4-3-7-17-15/h3-9H,1-2H3. The number of ketones is 1. The zero-order valence-electron chi connectivity index (χ0n) is 11.3. The molecule has 0 atom stereocenters. The first kappa shape index (κ1) is 12.4. The number of benzene rings is 1. The highest BCUT2D eigenvalue weighted by Gasteiger charge is 2.14. The van der Waals surface area contributed by atoms with Crippen LogP contribution in [-0.2, 0) is 0 Å². The van der Waals surface area contributed by atoms with E-state index in [-0.39, 0.29) is 5.78 Å². The van der Waals surface area contributed by atoms with Gasteiger partial charge in [-0.25, -0.2) is 0 Å². The number of fused-ring (bicyclic) bond motifs is 1. The third-order valence-corrected chi connectivity index (χ3v) is 3.21. The van der Waals surface area contributed by atoms with E-state index in [2.05, 4.69) is 15.2 Å². The summed E-state index contributed by atoms with van der Waals surface area (Å²) in [7, 11) is 0. The van der Waals surface area contributed by atoms with Crippen molar-refractivity contribution in [3.05, 3.63) is 65.1 Å². The first-order chi connectivity index (χ1) is 9.65. The molecule has 0 aliphatic carbocycles. The summed E-state index contributed by atoms with van der Waals surface area (Å²) in [6, 6.07) is 11.1. The van der Waals surface area contributed by atoms with Crippen LogP contribution < -0.4 is 0 Å². The summed E-state index contributed by atoms with van der Waals surface area (Å²) in [4.78, 5) is 16.8. The van der Waals surface area contributed by atoms with Gasteiger partial charge in [0.1, 0.15) is 0 Å². The Morgan fingerprint density at radius 1 is 1.05 bits per heavy atom. The normalized spacial score (nSPS) is 10.7. The number of pyridine rings is 1. The van der Waals surface area contributed by atoms with Crippen LogP contribution in [0.4, 0.5) is 0 Å². The molecule has 2 heterocycles. The lowest BCUT2D eigenvalue weighted by molar-refractivity contribution is 0.103. The van der Waals surface area contributed by atoms with Crippen molar-refractivity contribution >= 4 is 16.7 Å². The number of hydrogen-bond donors (Lipinski definition) is 0. The maximum absolute atomic E-state index is 12.6. The molecule has 0 aliphatic heterocycles. The van der Waals surface area contributed by atoms with Crippen molar-refractivity contribution in [1.82, 2.24) is 15.2 Å². The molecule has 4 nitrogen and oxygen atoms in total. The van der Waals surface area contributed by atoms with Crippen LogP contribution in [0, 0.1) is 13.8 Å². The molecule has 0 N–H and O–H groups in total. The summed E-state index contributed by atoms with van der Waals surface area (Å²) in [6.45, 7) is 3.62. The first-order valence-electron chi connectivity index (χ1n) is 6.35. The molecule has 0 spiro atoms. The van der Waals surface area contributed by atoms with Gasteiger partial charge in [0.2, 0.25) is 0 Å². The van der Waals surface area contributed by atoms with Gasteiger partial charge in [-0.3, -0.25) is 9.78 Å². The van der Waals surface area contributed by atoms with Gasteiger partial charge in [0.15, 0.2) is 5.78 Å². The van der Waals surface area contributed by atoms with Gasteiger partial charge in [-0.15, -0.1) is 0 Å². The molecule has 0 unspecified atom stereocenters. The molecule has 1 aromatic carbocycles. The lowest BCUT2D eigenvalue weighted by Gasteiger charge is -2.05. The van der Waals surface area contributed by atoms with Crippen molar-refractivity contribution in [1.29, 1.82) is 0 Å². The first-order valence-corrected chi connectivity index (χ1v) is 6.35. The molecular formula is C16H13N3O. The van der Waals surface area contributed by atoms with Gasteiger partial charge in [-0.1, -0.05) is 6.07 Å². The lowest BCUT2D eigenvalue weighted by Crippen LogP contribution is -2.07.